The molecule has 0 bridgehead atoms. The molecule has 2 N–H and O–H groups in total. The zero-order chi connectivity index (χ0) is 21.5. The molecule has 5 heteroatoms. The summed E-state index contributed by atoms with van der Waals surface area (Å²) in [6, 6.07) is 7.58. The van der Waals surface area contributed by atoms with Crippen molar-refractivity contribution in [3.8, 4) is 0 Å². The maximum absolute atomic E-state index is 13.1. The van der Waals surface area contributed by atoms with Crippen LogP contribution >= 0.6 is 0 Å². The van der Waals surface area contributed by atoms with Crippen LogP contribution in [0.3, 0.4) is 0 Å². The number of carboxylic acids is 1. The third-order valence-corrected chi connectivity index (χ3v) is 6.55. The lowest BCUT2D eigenvalue weighted by molar-refractivity contribution is -0.153. The number of carbonyl (C=O) groups excluding carboxylic acids is 1. The molecule has 1 aromatic rings. The maximum Gasteiger partial charge on any atom is 0.331 e. The second-order valence-electron chi connectivity index (χ2n) is 8.91. The molecule has 2 saturated carbocycles. The summed E-state index contributed by atoms with van der Waals surface area (Å²) in [5.74, 6) is -0.668. The van der Waals surface area contributed by atoms with E-state index in [0.29, 0.717) is 11.5 Å². The van der Waals surface area contributed by atoms with E-state index in [-0.39, 0.29) is 24.2 Å². The van der Waals surface area contributed by atoms with Gasteiger partial charge in [-0.25, -0.2) is 4.79 Å². The molecule has 2 atom stereocenters. The highest BCUT2D eigenvalue weighted by molar-refractivity contribution is 5.91. The van der Waals surface area contributed by atoms with E-state index in [1.54, 1.807) is 13.0 Å². The van der Waals surface area contributed by atoms with Gasteiger partial charge in [0.2, 0.25) is 0 Å². The van der Waals surface area contributed by atoms with Crippen LogP contribution in [-0.4, -0.2) is 29.2 Å². The minimum atomic E-state index is -0.912. The van der Waals surface area contributed by atoms with Crippen molar-refractivity contribution in [3.05, 3.63) is 41.0 Å². The minimum Gasteiger partial charge on any atom is -0.478 e. The molecule has 0 amide bonds. The number of nitrogens with one attached hydrogen (secondary N) is 1. The van der Waals surface area contributed by atoms with Gasteiger partial charge in [-0.05, 0) is 75.5 Å². The van der Waals surface area contributed by atoms with Crippen LogP contribution in [0.15, 0.2) is 29.8 Å². The van der Waals surface area contributed by atoms with Gasteiger partial charge < -0.3 is 9.84 Å². The van der Waals surface area contributed by atoms with Crippen LogP contribution in [-0.2, 0) is 14.3 Å². The van der Waals surface area contributed by atoms with Crippen molar-refractivity contribution in [1.82, 2.24) is 5.32 Å². The topological polar surface area (TPSA) is 75.6 Å². The van der Waals surface area contributed by atoms with Crippen molar-refractivity contribution in [2.75, 3.05) is 0 Å². The van der Waals surface area contributed by atoms with Crippen molar-refractivity contribution >= 4 is 18.0 Å². The molecule has 0 radical (unpaired) electrons. The third kappa shape index (κ3) is 6.18. The van der Waals surface area contributed by atoms with Gasteiger partial charge in [-0.15, -0.1) is 0 Å². The van der Waals surface area contributed by atoms with Crippen LogP contribution in [0.1, 0.15) is 88.8 Å². The highest BCUT2D eigenvalue weighted by Gasteiger charge is 2.33. The lowest BCUT2D eigenvalue weighted by atomic mass is 9.83. The number of hydrogen-bond acceptors (Lipinski definition) is 4. The molecule has 2 aliphatic rings. The zero-order valence-corrected chi connectivity index (χ0v) is 18.2. The second kappa shape index (κ2) is 10.8. The predicted molar refractivity (Wildman–Crippen MR) is 118 cm³/mol. The van der Waals surface area contributed by atoms with Gasteiger partial charge in [0.1, 0.15) is 12.1 Å². The van der Waals surface area contributed by atoms with Gasteiger partial charge in [-0.3, -0.25) is 10.1 Å². The van der Waals surface area contributed by atoms with Gasteiger partial charge in [0.25, 0.3) is 0 Å². The molecular formula is C25H35NO4. The molecule has 1 unspecified atom stereocenters. The van der Waals surface area contributed by atoms with E-state index < -0.39 is 5.97 Å². The zero-order valence-electron chi connectivity index (χ0n) is 18.2. The molecule has 5 nitrogen and oxygen atoms in total. The summed E-state index contributed by atoms with van der Waals surface area (Å²) in [6.07, 6.45) is 11.8. The van der Waals surface area contributed by atoms with E-state index in [1.165, 1.54) is 19.3 Å². The Labute approximate surface area is 179 Å². The van der Waals surface area contributed by atoms with E-state index in [9.17, 15) is 9.59 Å². The van der Waals surface area contributed by atoms with Crippen LogP contribution in [0.2, 0.25) is 0 Å². The third-order valence-electron chi connectivity index (χ3n) is 6.55. The quantitative estimate of drug-likeness (QED) is 0.449. The lowest BCUT2D eigenvalue weighted by Gasteiger charge is -2.32. The largest absolute Gasteiger partial charge is 0.478 e. The molecular weight excluding hydrogens is 378 g/mol. The number of ether oxygens (including phenoxy) is 1. The van der Waals surface area contributed by atoms with Crippen molar-refractivity contribution in [1.29, 1.82) is 0 Å². The average molecular weight is 414 g/mol. The van der Waals surface area contributed by atoms with Crippen molar-refractivity contribution in [2.45, 2.75) is 89.8 Å². The Morgan fingerprint density at radius 1 is 1.03 bits per heavy atom. The number of aliphatic carboxylic acids is 1. The standard InChI is InChI=1S/C25H35NO4/c1-17(24(27)28)16-19-12-14-20(15-13-19)18(2)26-23(21-8-4-3-5-9-21)25(29)30-22-10-6-7-11-22/h12-16,18,21-23,26H,3-11H2,1-2H3,(H,27,28)/b17-16+/t18?,23-/m0/s1. The van der Waals surface area contributed by atoms with Crippen LogP contribution in [0, 0.1) is 5.92 Å². The van der Waals surface area contributed by atoms with Gasteiger partial charge in [0.15, 0.2) is 0 Å². The first-order valence-electron chi connectivity index (χ1n) is 11.4. The number of esters is 1. The Hall–Kier alpha value is -2.14. The first kappa shape index (κ1) is 22.5. The van der Waals surface area contributed by atoms with Gasteiger partial charge in [-0.2, -0.15) is 0 Å². The fourth-order valence-corrected chi connectivity index (χ4v) is 4.67. The predicted octanol–water partition coefficient (Wildman–Crippen LogP) is 5.26. The highest BCUT2D eigenvalue weighted by atomic mass is 16.5. The Morgan fingerprint density at radius 2 is 1.63 bits per heavy atom. The van der Waals surface area contributed by atoms with E-state index in [4.69, 9.17) is 9.84 Å². The van der Waals surface area contributed by atoms with E-state index in [1.807, 2.05) is 24.3 Å². The first-order valence-corrected chi connectivity index (χ1v) is 11.4. The molecule has 0 aliphatic heterocycles. The molecule has 2 aliphatic carbocycles. The van der Waals surface area contributed by atoms with Crippen molar-refractivity contribution < 1.29 is 19.4 Å². The minimum absolute atomic E-state index is 0.00616. The van der Waals surface area contributed by atoms with Crippen LogP contribution in [0.5, 0.6) is 0 Å². The fourth-order valence-electron chi connectivity index (χ4n) is 4.67. The van der Waals surface area contributed by atoms with E-state index in [2.05, 4.69) is 12.2 Å². The first-order chi connectivity index (χ1) is 14.4. The van der Waals surface area contributed by atoms with Crippen LogP contribution in [0.4, 0.5) is 0 Å². The molecule has 0 aromatic heterocycles. The summed E-state index contributed by atoms with van der Waals surface area (Å²) < 4.78 is 5.88. The van der Waals surface area contributed by atoms with Crippen LogP contribution < -0.4 is 5.32 Å². The number of hydrogen-bond donors (Lipinski definition) is 2. The number of benzene rings is 1. The van der Waals surface area contributed by atoms with Gasteiger partial charge >= 0.3 is 11.9 Å². The molecule has 2 fully saturated rings. The molecule has 30 heavy (non-hydrogen) atoms. The number of carboxylic acid groups (broad SMARTS) is 1. The molecule has 3 rings (SSSR count). The van der Waals surface area contributed by atoms with Gasteiger partial charge in [0, 0.05) is 11.6 Å². The molecule has 164 valence electrons. The molecule has 0 saturated heterocycles. The summed E-state index contributed by atoms with van der Waals surface area (Å²) >= 11 is 0. The Bertz CT molecular complexity index is 743. The van der Waals surface area contributed by atoms with Crippen molar-refractivity contribution in [2.24, 2.45) is 5.92 Å². The highest BCUT2D eigenvalue weighted by Crippen LogP contribution is 2.30. The summed E-state index contributed by atoms with van der Waals surface area (Å²) in [6.45, 7) is 3.66. The normalized spacial score (nSPS) is 20.7. The van der Waals surface area contributed by atoms with Crippen molar-refractivity contribution in [3.63, 3.8) is 0 Å². The Balaban J connectivity index is 1.68. The smallest absolute Gasteiger partial charge is 0.331 e. The maximum atomic E-state index is 13.1. The fraction of sp³-hybridized carbons (Fsp3) is 0.600. The van der Waals surface area contributed by atoms with Gasteiger partial charge in [-0.1, -0.05) is 43.5 Å². The van der Waals surface area contributed by atoms with E-state index in [0.717, 1.165) is 49.7 Å². The summed E-state index contributed by atoms with van der Waals surface area (Å²) in [7, 11) is 0. The SMILES string of the molecule is C/C(=C\c1ccc(C(C)N[C@H](C(=O)OC2CCCC2)C2CCCCC2)cc1)C(=O)O. The number of carbonyl (C=O) groups is 2. The summed E-state index contributed by atoms with van der Waals surface area (Å²) in [5.41, 5.74) is 2.24. The summed E-state index contributed by atoms with van der Waals surface area (Å²) in [5, 5.41) is 12.6. The Morgan fingerprint density at radius 3 is 2.23 bits per heavy atom. The van der Waals surface area contributed by atoms with Gasteiger partial charge in [0.05, 0.1) is 0 Å². The van der Waals surface area contributed by atoms with Crippen LogP contribution in [0.25, 0.3) is 6.08 Å². The molecule has 0 spiro atoms. The summed E-state index contributed by atoms with van der Waals surface area (Å²) in [4.78, 5) is 24.1. The monoisotopic (exact) mass is 413 g/mol. The molecule has 0 heterocycles. The van der Waals surface area contributed by atoms with E-state index >= 15 is 0 Å². The second-order valence-corrected chi connectivity index (χ2v) is 8.91. The Kier molecular flexibility index (Phi) is 8.08. The number of rotatable bonds is 8. The average Bonchev–Trinajstić information content (AvgIpc) is 3.25. The molecule has 1 aromatic carbocycles. The lowest BCUT2D eigenvalue weighted by Crippen LogP contribution is -2.46.